The molecule has 0 bridgehead atoms. The summed E-state index contributed by atoms with van der Waals surface area (Å²) in [6.45, 7) is 0.147. The number of nitriles is 1. The summed E-state index contributed by atoms with van der Waals surface area (Å²) >= 11 is 0. The van der Waals surface area contributed by atoms with Crippen LogP contribution in [-0.2, 0) is 29.6 Å². The lowest BCUT2D eigenvalue weighted by atomic mass is 10.1. The maximum Gasteiger partial charge on any atom is 0.306 e. The molecule has 0 saturated heterocycles. The smallest absolute Gasteiger partial charge is 0.306 e. The molecule has 0 saturated carbocycles. The molecule has 26 heavy (non-hydrogen) atoms. The molecular formula is C20H17N3O3. The van der Waals surface area contributed by atoms with E-state index in [4.69, 9.17) is 10.00 Å². The standard InChI is InChI=1S/C20H17N3O3/c1-23-18(22-17-5-3-2-4-16(17)20(23)25)10-11-19(24)26-13-15-8-6-14(12-21)7-9-15/h2-9H,10-11,13H2,1H3. The van der Waals surface area contributed by atoms with Gasteiger partial charge in [0.25, 0.3) is 5.56 Å². The summed E-state index contributed by atoms with van der Waals surface area (Å²) in [4.78, 5) is 28.8. The van der Waals surface area contributed by atoms with E-state index < -0.39 is 0 Å². The van der Waals surface area contributed by atoms with E-state index in [1.165, 1.54) is 4.57 Å². The first-order chi connectivity index (χ1) is 12.6. The molecule has 3 aromatic rings. The van der Waals surface area contributed by atoms with Crippen LogP contribution < -0.4 is 5.56 Å². The number of esters is 1. The molecule has 0 atom stereocenters. The van der Waals surface area contributed by atoms with Crippen LogP contribution in [0.4, 0.5) is 0 Å². The van der Waals surface area contributed by atoms with Crippen LogP contribution in [0, 0.1) is 11.3 Å². The summed E-state index contributed by atoms with van der Waals surface area (Å²) in [6, 6.07) is 16.0. The molecule has 0 aliphatic heterocycles. The average Bonchev–Trinajstić information content (AvgIpc) is 2.68. The molecule has 0 radical (unpaired) electrons. The molecule has 0 aliphatic rings. The third kappa shape index (κ3) is 3.78. The maximum atomic E-state index is 12.3. The molecular weight excluding hydrogens is 330 g/mol. The van der Waals surface area contributed by atoms with Crippen LogP contribution >= 0.6 is 0 Å². The highest BCUT2D eigenvalue weighted by atomic mass is 16.5. The van der Waals surface area contributed by atoms with Gasteiger partial charge in [0, 0.05) is 13.5 Å². The van der Waals surface area contributed by atoms with Crippen molar-refractivity contribution >= 4 is 16.9 Å². The topological polar surface area (TPSA) is 85.0 Å². The van der Waals surface area contributed by atoms with Crippen molar-refractivity contribution in [2.45, 2.75) is 19.4 Å². The van der Waals surface area contributed by atoms with E-state index in [2.05, 4.69) is 4.98 Å². The van der Waals surface area contributed by atoms with Crippen molar-refractivity contribution in [1.29, 1.82) is 5.26 Å². The number of fused-ring (bicyclic) bond motifs is 1. The number of aromatic nitrogens is 2. The molecule has 0 aliphatic carbocycles. The molecule has 1 heterocycles. The van der Waals surface area contributed by atoms with Gasteiger partial charge in [0.05, 0.1) is 29.0 Å². The molecule has 0 unspecified atom stereocenters. The summed E-state index contributed by atoms with van der Waals surface area (Å²) in [5, 5.41) is 9.32. The van der Waals surface area contributed by atoms with Gasteiger partial charge in [-0.15, -0.1) is 0 Å². The summed E-state index contributed by atoms with van der Waals surface area (Å²) in [6.07, 6.45) is 0.456. The molecule has 0 fully saturated rings. The Kier molecular flexibility index (Phi) is 5.09. The highest BCUT2D eigenvalue weighted by Gasteiger charge is 2.11. The predicted octanol–water partition coefficient (Wildman–Crippen LogP) is 2.48. The van der Waals surface area contributed by atoms with Crippen molar-refractivity contribution in [3.63, 3.8) is 0 Å². The van der Waals surface area contributed by atoms with E-state index in [1.807, 2.05) is 12.1 Å². The quantitative estimate of drug-likeness (QED) is 0.662. The Labute approximate surface area is 150 Å². The molecule has 2 aromatic carbocycles. The Bertz CT molecular complexity index is 1050. The first-order valence-electron chi connectivity index (χ1n) is 8.18. The van der Waals surface area contributed by atoms with Crippen LogP contribution in [0.3, 0.4) is 0 Å². The molecule has 0 spiro atoms. The third-order valence-electron chi connectivity index (χ3n) is 4.11. The van der Waals surface area contributed by atoms with E-state index >= 15 is 0 Å². The summed E-state index contributed by atoms with van der Waals surface area (Å²) in [7, 11) is 1.65. The van der Waals surface area contributed by atoms with Gasteiger partial charge in [-0.05, 0) is 29.8 Å². The number of carbonyl (C=O) groups is 1. The molecule has 6 heteroatoms. The molecule has 6 nitrogen and oxygen atoms in total. The van der Waals surface area contributed by atoms with Crippen LogP contribution in [0.1, 0.15) is 23.4 Å². The van der Waals surface area contributed by atoms with Crippen molar-refractivity contribution < 1.29 is 9.53 Å². The van der Waals surface area contributed by atoms with Gasteiger partial charge in [0.15, 0.2) is 0 Å². The molecule has 0 amide bonds. The fraction of sp³-hybridized carbons (Fsp3) is 0.200. The van der Waals surface area contributed by atoms with Gasteiger partial charge >= 0.3 is 5.97 Å². The number of hydrogen-bond acceptors (Lipinski definition) is 5. The van der Waals surface area contributed by atoms with E-state index in [1.54, 1.807) is 49.5 Å². The lowest BCUT2D eigenvalue weighted by Crippen LogP contribution is -2.23. The lowest BCUT2D eigenvalue weighted by molar-refractivity contribution is -0.144. The van der Waals surface area contributed by atoms with Gasteiger partial charge in [0.2, 0.25) is 0 Å². The zero-order valence-electron chi connectivity index (χ0n) is 14.3. The highest BCUT2D eigenvalue weighted by molar-refractivity contribution is 5.77. The summed E-state index contributed by atoms with van der Waals surface area (Å²) < 4.78 is 6.71. The second kappa shape index (κ2) is 7.62. The molecule has 1 aromatic heterocycles. The van der Waals surface area contributed by atoms with Crippen LogP contribution in [0.15, 0.2) is 53.3 Å². The maximum absolute atomic E-state index is 12.3. The van der Waals surface area contributed by atoms with Crippen LogP contribution in [0.2, 0.25) is 0 Å². The predicted molar refractivity (Wildman–Crippen MR) is 96.3 cm³/mol. The Morgan fingerprint density at radius 1 is 1.19 bits per heavy atom. The Morgan fingerprint density at radius 2 is 1.92 bits per heavy atom. The first-order valence-corrected chi connectivity index (χ1v) is 8.18. The summed E-state index contributed by atoms with van der Waals surface area (Å²) in [5.41, 5.74) is 1.87. The largest absolute Gasteiger partial charge is 0.461 e. The average molecular weight is 347 g/mol. The first kappa shape index (κ1) is 17.4. The van der Waals surface area contributed by atoms with E-state index in [0.29, 0.717) is 28.7 Å². The Hall–Kier alpha value is -3.46. The Morgan fingerprint density at radius 3 is 2.65 bits per heavy atom. The fourth-order valence-electron chi connectivity index (χ4n) is 2.61. The number of rotatable bonds is 5. The minimum absolute atomic E-state index is 0.128. The van der Waals surface area contributed by atoms with Crippen molar-refractivity contribution in [2.24, 2.45) is 7.05 Å². The van der Waals surface area contributed by atoms with Crippen molar-refractivity contribution in [3.05, 3.63) is 75.8 Å². The van der Waals surface area contributed by atoms with E-state index in [-0.39, 0.29) is 24.6 Å². The van der Waals surface area contributed by atoms with Crippen molar-refractivity contribution in [3.8, 4) is 6.07 Å². The van der Waals surface area contributed by atoms with Gasteiger partial charge in [-0.3, -0.25) is 14.2 Å². The van der Waals surface area contributed by atoms with Gasteiger partial charge in [0.1, 0.15) is 12.4 Å². The number of para-hydroxylation sites is 1. The van der Waals surface area contributed by atoms with Crippen molar-refractivity contribution in [2.75, 3.05) is 0 Å². The number of nitrogens with zero attached hydrogens (tertiary/aromatic N) is 3. The molecule has 3 rings (SSSR count). The monoisotopic (exact) mass is 347 g/mol. The zero-order valence-corrected chi connectivity index (χ0v) is 14.3. The van der Waals surface area contributed by atoms with Crippen molar-refractivity contribution in [1.82, 2.24) is 9.55 Å². The van der Waals surface area contributed by atoms with Gasteiger partial charge in [-0.2, -0.15) is 5.26 Å². The zero-order chi connectivity index (χ0) is 18.5. The minimum atomic E-state index is -0.364. The number of benzene rings is 2. The second-order valence-corrected chi connectivity index (χ2v) is 5.88. The number of aryl methyl sites for hydroxylation is 1. The normalized spacial score (nSPS) is 10.5. The van der Waals surface area contributed by atoms with Crippen LogP contribution in [-0.4, -0.2) is 15.5 Å². The molecule has 130 valence electrons. The number of hydrogen-bond donors (Lipinski definition) is 0. The van der Waals surface area contributed by atoms with Crippen LogP contribution in [0.25, 0.3) is 10.9 Å². The summed E-state index contributed by atoms with van der Waals surface area (Å²) in [5.74, 6) is 0.181. The van der Waals surface area contributed by atoms with E-state index in [0.717, 1.165) is 5.56 Å². The molecule has 0 N–H and O–H groups in total. The fourth-order valence-corrected chi connectivity index (χ4v) is 2.61. The van der Waals surface area contributed by atoms with Crippen LogP contribution in [0.5, 0.6) is 0 Å². The number of carbonyl (C=O) groups excluding carboxylic acids is 1. The van der Waals surface area contributed by atoms with E-state index in [9.17, 15) is 9.59 Å². The second-order valence-electron chi connectivity index (χ2n) is 5.88. The van der Waals surface area contributed by atoms with Gasteiger partial charge in [-0.25, -0.2) is 4.98 Å². The lowest BCUT2D eigenvalue weighted by Gasteiger charge is -2.09. The number of ether oxygens (including phenoxy) is 1. The van der Waals surface area contributed by atoms with Gasteiger partial charge in [-0.1, -0.05) is 24.3 Å². The Balaban J connectivity index is 1.62. The SMILES string of the molecule is Cn1c(CCC(=O)OCc2ccc(C#N)cc2)nc2ccccc2c1=O. The highest BCUT2D eigenvalue weighted by Crippen LogP contribution is 2.10. The minimum Gasteiger partial charge on any atom is -0.461 e. The third-order valence-corrected chi connectivity index (χ3v) is 4.11. The van der Waals surface area contributed by atoms with Gasteiger partial charge < -0.3 is 4.74 Å².